The SMILES string of the molecule is CCc1cccc2nccc(C(=O)CCCCC(C)=O)c12. The number of carbonyl (C=O) groups excluding carboxylic acids is 2. The van der Waals surface area contributed by atoms with E-state index in [-0.39, 0.29) is 11.6 Å². The standard InChI is InChI=1S/C18H21NO2/c1-3-14-8-6-9-16-18(14)15(11-12-19-16)17(21)10-5-4-7-13(2)20/h6,8-9,11-12H,3-5,7,10H2,1-2H3. The van der Waals surface area contributed by atoms with Gasteiger partial charge in [-0.25, -0.2) is 0 Å². The fraction of sp³-hybridized carbons (Fsp3) is 0.389. The number of aromatic nitrogens is 1. The quantitative estimate of drug-likeness (QED) is 0.567. The van der Waals surface area contributed by atoms with Gasteiger partial charge in [-0.05, 0) is 43.9 Å². The number of fused-ring (bicyclic) bond motifs is 1. The highest BCUT2D eigenvalue weighted by atomic mass is 16.1. The molecule has 0 spiro atoms. The predicted molar refractivity (Wildman–Crippen MR) is 84.6 cm³/mol. The van der Waals surface area contributed by atoms with Gasteiger partial charge >= 0.3 is 0 Å². The molecule has 1 aromatic carbocycles. The van der Waals surface area contributed by atoms with Gasteiger partial charge in [-0.2, -0.15) is 0 Å². The van der Waals surface area contributed by atoms with Gasteiger partial charge in [0.15, 0.2) is 5.78 Å². The van der Waals surface area contributed by atoms with Crippen molar-refractivity contribution in [3.8, 4) is 0 Å². The summed E-state index contributed by atoms with van der Waals surface area (Å²) in [6.07, 6.45) is 5.18. The number of carbonyl (C=O) groups is 2. The summed E-state index contributed by atoms with van der Waals surface area (Å²) in [4.78, 5) is 27.7. The molecule has 0 atom stereocenters. The van der Waals surface area contributed by atoms with Crippen LogP contribution in [0.15, 0.2) is 30.5 Å². The maximum absolute atomic E-state index is 12.5. The fourth-order valence-corrected chi connectivity index (χ4v) is 2.60. The number of hydrogen-bond acceptors (Lipinski definition) is 3. The first-order valence-corrected chi connectivity index (χ1v) is 7.52. The molecule has 0 bridgehead atoms. The maximum Gasteiger partial charge on any atom is 0.163 e. The van der Waals surface area contributed by atoms with Crippen LogP contribution in [-0.2, 0) is 11.2 Å². The van der Waals surface area contributed by atoms with E-state index < -0.39 is 0 Å². The van der Waals surface area contributed by atoms with E-state index >= 15 is 0 Å². The number of nitrogens with zero attached hydrogens (tertiary/aromatic N) is 1. The number of benzene rings is 1. The monoisotopic (exact) mass is 283 g/mol. The van der Waals surface area contributed by atoms with Crippen LogP contribution >= 0.6 is 0 Å². The van der Waals surface area contributed by atoms with E-state index in [9.17, 15) is 9.59 Å². The number of rotatable bonds is 7. The first-order valence-electron chi connectivity index (χ1n) is 7.52. The lowest BCUT2D eigenvalue weighted by Crippen LogP contribution is -2.03. The Bertz CT molecular complexity index is 656. The molecule has 0 aliphatic rings. The van der Waals surface area contributed by atoms with Gasteiger partial charge in [-0.15, -0.1) is 0 Å². The fourth-order valence-electron chi connectivity index (χ4n) is 2.60. The molecule has 0 radical (unpaired) electrons. The summed E-state index contributed by atoms with van der Waals surface area (Å²) < 4.78 is 0. The van der Waals surface area contributed by atoms with Crippen molar-refractivity contribution in [1.29, 1.82) is 0 Å². The van der Waals surface area contributed by atoms with Crippen LogP contribution in [0.3, 0.4) is 0 Å². The number of ketones is 2. The van der Waals surface area contributed by atoms with Gasteiger partial charge in [0, 0.05) is 30.0 Å². The smallest absolute Gasteiger partial charge is 0.163 e. The summed E-state index contributed by atoms with van der Waals surface area (Å²) in [5, 5.41) is 0.985. The third-order valence-corrected chi connectivity index (χ3v) is 3.72. The lowest BCUT2D eigenvalue weighted by Gasteiger charge is -2.09. The molecule has 0 N–H and O–H groups in total. The van der Waals surface area contributed by atoms with E-state index in [1.165, 1.54) is 0 Å². The molecule has 0 fully saturated rings. The Hall–Kier alpha value is -2.03. The number of unbranched alkanes of at least 4 members (excludes halogenated alkanes) is 1. The van der Waals surface area contributed by atoms with Crippen LogP contribution in [0.25, 0.3) is 10.9 Å². The van der Waals surface area contributed by atoms with Crippen LogP contribution in [-0.4, -0.2) is 16.6 Å². The summed E-state index contributed by atoms with van der Waals surface area (Å²) in [5.41, 5.74) is 2.80. The molecule has 0 unspecified atom stereocenters. The van der Waals surface area contributed by atoms with Crippen molar-refractivity contribution in [1.82, 2.24) is 4.98 Å². The average Bonchev–Trinajstić information content (AvgIpc) is 2.49. The Kier molecular flexibility index (Phi) is 5.20. The highest BCUT2D eigenvalue weighted by Gasteiger charge is 2.13. The summed E-state index contributed by atoms with van der Waals surface area (Å²) >= 11 is 0. The Labute approximate surface area is 125 Å². The zero-order chi connectivity index (χ0) is 15.2. The van der Waals surface area contributed by atoms with Gasteiger partial charge in [-0.3, -0.25) is 9.78 Å². The maximum atomic E-state index is 12.5. The van der Waals surface area contributed by atoms with Crippen molar-refractivity contribution in [3.63, 3.8) is 0 Å². The molecule has 0 aliphatic carbocycles. The zero-order valence-corrected chi connectivity index (χ0v) is 12.7. The average molecular weight is 283 g/mol. The molecule has 21 heavy (non-hydrogen) atoms. The number of Topliss-reactive ketones (excluding diaryl/α,β-unsaturated/α-hetero) is 2. The van der Waals surface area contributed by atoms with Gasteiger partial charge < -0.3 is 4.79 Å². The lowest BCUT2D eigenvalue weighted by atomic mass is 9.96. The first-order chi connectivity index (χ1) is 10.1. The third kappa shape index (κ3) is 3.75. The van der Waals surface area contributed by atoms with Gasteiger partial charge in [0.2, 0.25) is 0 Å². The zero-order valence-electron chi connectivity index (χ0n) is 12.7. The number of hydrogen-bond donors (Lipinski definition) is 0. The molecule has 0 amide bonds. The molecular formula is C18H21NO2. The van der Waals surface area contributed by atoms with Crippen molar-refractivity contribution in [2.24, 2.45) is 0 Å². The van der Waals surface area contributed by atoms with Crippen molar-refractivity contribution in [3.05, 3.63) is 41.6 Å². The highest BCUT2D eigenvalue weighted by Crippen LogP contribution is 2.23. The second-order valence-corrected chi connectivity index (χ2v) is 5.36. The molecule has 1 heterocycles. The molecule has 110 valence electrons. The van der Waals surface area contributed by atoms with Crippen LogP contribution in [0.4, 0.5) is 0 Å². The number of aryl methyl sites for hydroxylation is 1. The minimum absolute atomic E-state index is 0.145. The molecular weight excluding hydrogens is 262 g/mol. The third-order valence-electron chi connectivity index (χ3n) is 3.72. The van der Waals surface area contributed by atoms with Crippen molar-refractivity contribution in [2.45, 2.75) is 46.0 Å². The minimum atomic E-state index is 0.145. The van der Waals surface area contributed by atoms with Crippen molar-refractivity contribution in [2.75, 3.05) is 0 Å². The van der Waals surface area contributed by atoms with Crippen molar-refractivity contribution >= 4 is 22.5 Å². The second kappa shape index (κ2) is 7.11. The second-order valence-electron chi connectivity index (χ2n) is 5.36. The van der Waals surface area contributed by atoms with Crippen LogP contribution in [0.1, 0.15) is 55.5 Å². The highest BCUT2D eigenvalue weighted by molar-refractivity contribution is 6.08. The minimum Gasteiger partial charge on any atom is -0.300 e. The van der Waals surface area contributed by atoms with E-state index in [2.05, 4.69) is 18.0 Å². The van der Waals surface area contributed by atoms with Crippen molar-refractivity contribution < 1.29 is 9.59 Å². The molecule has 3 nitrogen and oxygen atoms in total. The summed E-state index contributed by atoms with van der Waals surface area (Å²) in [6, 6.07) is 7.79. The normalized spacial score (nSPS) is 10.8. The molecule has 0 aliphatic heterocycles. The Morgan fingerprint density at radius 2 is 1.86 bits per heavy atom. The topological polar surface area (TPSA) is 47.0 Å². The Morgan fingerprint density at radius 1 is 1.10 bits per heavy atom. The number of pyridine rings is 1. The lowest BCUT2D eigenvalue weighted by molar-refractivity contribution is -0.117. The molecule has 3 heteroatoms. The molecule has 0 saturated heterocycles. The Balaban J connectivity index is 2.21. The van der Waals surface area contributed by atoms with Crippen LogP contribution in [0.5, 0.6) is 0 Å². The summed E-state index contributed by atoms with van der Waals surface area (Å²) in [7, 11) is 0. The van der Waals surface area contributed by atoms with E-state index in [1.54, 1.807) is 13.1 Å². The van der Waals surface area contributed by atoms with Gasteiger partial charge in [0.25, 0.3) is 0 Å². The molecule has 1 aromatic heterocycles. The summed E-state index contributed by atoms with van der Waals surface area (Å²) in [6.45, 7) is 3.68. The predicted octanol–water partition coefficient (Wildman–Crippen LogP) is 4.13. The van der Waals surface area contributed by atoms with Crippen LogP contribution in [0, 0.1) is 0 Å². The first kappa shape index (κ1) is 15.4. The van der Waals surface area contributed by atoms with Gasteiger partial charge in [0.1, 0.15) is 5.78 Å². The largest absolute Gasteiger partial charge is 0.300 e. The van der Waals surface area contributed by atoms with E-state index in [0.717, 1.165) is 41.3 Å². The molecule has 2 aromatic rings. The Morgan fingerprint density at radius 3 is 2.57 bits per heavy atom. The van der Waals surface area contributed by atoms with E-state index in [4.69, 9.17) is 0 Å². The summed E-state index contributed by atoms with van der Waals surface area (Å²) in [5.74, 6) is 0.330. The van der Waals surface area contributed by atoms with Crippen LogP contribution < -0.4 is 0 Å². The van der Waals surface area contributed by atoms with E-state index in [1.807, 2.05) is 18.2 Å². The van der Waals surface area contributed by atoms with Crippen LogP contribution in [0.2, 0.25) is 0 Å². The van der Waals surface area contributed by atoms with E-state index in [0.29, 0.717) is 12.8 Å². The van der Waals surface area contributed by atoms with Gasteiger partial charge in [0.05, 0.1) is 5.52 Å². The molecule has 0 saturated carbocycles. The van der Waals surface area contributed by atoms with Gasteiger partial charge in [-0.1, -0.05) is 19.1 Å². The molecule has 2 rings (SSSR count).